The van der Waals surface area contributed by atoms with Gasteiger partial charge in [-0.2, -0.15) is 0 Å². The van der Waals surface area contributed by atoms with Gasteiger partial charge >= 0.3 is 12.1 Å². The molecule has 2 rings (SSSR count). The van der Waals surface area contributed by atoms with E-state index in [2.05, 4.69) is 20.0 Å². The molecule has 0 aliphatic rings. The molecule has 1 aromatic carbocycles. The number of anilines is 1. The first kappa shape index (κ1) is 18.2. The highest BCUT2D eigenvalue weighted by molar-refractivity contribution is 5.87. The number of esters is 1. The summed E-state index contributed by atoms with van der Waals surface area (Å²) in [7, 11) is 1.27. The zero-order chi connectivity index (χ0) is 18.4. The van der Waals surface area contributed by atoms with E-state index in [0.717, 1.165) is 0 Å². The fourth-order valence-electron chi connectivity index (χ4n) is 1.76. The van der Waals surface area contributed by atoms with E-state index < -0.39 is 17.7 Å². The van der Waals surface area contributed by atoms with Gasteiger partial charge in [0.15, 0.2) is 5.69 Å². The molecule has 1 heterocycles. The topological polar surface area (TPSA) is 99.6 Å². The summed E-state index contributed by atoms with van der Waals surface area (Å²) in [4.78, 5) is 30.9. The Hall–Kier alpha value is -3.16. The van der Waals surface area contributed by atoms with E-state index in [-0.39, 0.29) is 11.6 Å². The van der Waals surface area contributed by atoms with E-state index in [4.69, 9.17) is 9.47 Å². The minimum atomic E-state index is -0.579. The summed E-state index contributed by atoms with van der Waals surface area (Å²) >= 11 is 0. The van der Waals surface area contributed by atoms with E-state index in [1.807, 2.05) is 0 Å². The lowest BCUT2D eigenvalue weighted by Crippen LogP contribution is -2.27. The SMILES string of the molecule is COC(=O)c1cc(Oc2ccc(NC(=O)OC(C)(C)C)cc2)ncn1. The van der Waals surface area contributed by atoms with Crippen LogP contribution in [0.1, 0.15) is 31.3 Å². The Morgan fingerprint density at radius 2 is 1.76 bits per heavy atom. The first-order valence-electron chi connectivity index (χ1n) is 7.45. The molecule has 0 radical (unpaired) electrons. The second-order valence-electron chi connectivity index (χ2n) is 5.99. The maximum atomic E-state index is 11.7. The Morgan fingerprint density at radius 1 is 1.08 bits per heavy atom. The number of hydrogen-bond donors (Lipinski definition) is 1. The van der Waals surface area contributed by atoms with Crippen molar-refractivity contribution in [3.8, 4) is 11.6 Å². The highest BCUT2D eigenvalue weighted by Crippen LogP contribution is 2.22. The standard InChI is InChI=1S/C17H19N3O5/c1-17(2,3)25-16(22)20-11-5-7-12(8-6-11)24-14-9-13(15(21)23-4)18-10-19-14/h5-10H,1-4H3,(H,20,22). The van der Waals surface area contributed by atoms with Crippen LogP contribution in [0.5, 0.6) is 11.6 Å². The number of nitrogens with zero attached hydrogens (tertiary/aromatic N) is 2. The van der Waals surface area contributed by atoms with Gasteiger partial charge in [-0.25, -0.2) is 19.6 Å². The van der Waals surface area contributed by atoms with Crippen molar-refractivity contribution in [2.75, 3.05) is 12.4 Å². The van der Waals surface area contributed by atoms with Gasteiger partial charge < -0.3 is 14.2 Å². The molecule has 2 aromatic rings. The van der Waals surface area contributed by atoms with Crippen LogP contribution in [-0.4, -0.2) is 34.7 Å². The average molecular weight is 345 g/mol. The number of aromatic nitrogens is 2. The van der Waals surface area contributed by atoms with E-state index in [0.29, 0.717) is 11.4 Å². The van der Waals surface area contributed by atoms with Crippen LogP contribution in [0.2, 0.25) is 0 Å². The molecule has 25 heavy (non-hydrogen) atoms. The molecule has 1 aromatic heterocycles. The number of hydrogen-bond acceptors (Lipinski definition) is 7. The number of rotatable bonds is 4. The molecular formula is C17H19N3O5. The summed E-state index contributed by atoms with van der Waals surface area (Å²) in [6.45, 7) is 5.36. The fraction of sp³-hybridized carbons (Fsp3) is 0.294. The lowest BCUT2D eigenvalue weighted by molar-refractivity contribution is 0.0591. The van der Waals surface area contributed by atoms with Gasteiger partial charge in [0.05, 0.1) is 7.11 Å². The molecule has 1 N–H and O–H groups in total. The van der Waals surface area contributed by atoms with Crippen LogP contribution in [0, 0.1) is 0 Å². The van der Waals surface area contributed by atoms with Crippen molar-refractivity contribution in [3.05, 3.63) is 42.4 Å². The summed E-state index contributed by atoms with van der Waals surface area (Å²) < 4.78 is 15.3. The molecule has 132 valence electrons. The van der Waals surface area contributed by atoms with Gasteiger partial charge in [-0.15, -0.1) is 0 Å². The highest BCUT2D eigenvalue weighted by atomic mass is 16.6. The molecule has 0 saturated heterocycles. The van der Waals surface area contributed by atoms with Gasteiger partial charge in [-0.3, -0.25) is 5.32 Å². The molecule has 8 heteroatoms. The fourth-order valence-corrected chi connectivity index (χ4v) is 1.76. The van der Waals surface area contributed by atoms with E-state index >= 15 is 0 Å². The van der Waals surface area contributed by atoms with Crippen LogP contribution in [-0.2, 0) is 9.47 Å². The maximum Gasteiger partial charge on any atom is 0.412 e. The van der Waals surface area contributed by atoms with Crippen molar-refractivity contribution in [3.63, 3.8) is 0 Å². The van der Waals surface area contributed by atoms with Gasteiger partial charge in [0, 0.05) is 11.8 Å². The van der Waals surface area contributed by atoms with Crippen LogP contribution in [0.15, 0.2) is 36.7 Å². The van der Waals surface area contributed by atoms with Gasteiger partial charge in [0.2, 0.25) is 5.88 Å². The molecule has 0 aliphatic carbocycles. The van der Waals surface area contributed by atoms with Crippen molar-refractivity contribution in [2.24, 2.45) is 0 Å². The second kappa shape index (κ2) is 7.61. The Bertz CT molecular complexity index is 754. The van der Waals surface area contributed by atoms with Gasteiger partial charge in [0.1, 0.15) is 17.7 Å². The molecule has 0 bridgehead atoms. The van der Waals surface area contributed by atoms with Gasteiger partial charge in [-0.05, 0) is 45.0 Å². The van der Waals surface area contributed by atoms with Gasteiger partial charge in [-0.1, -0.05) is 0 Å². The van der Waals surface area contributed by atoms with Crippen LogP contribution < -0.4 is 10.1 Å². The zero-order valence-corrected chi connectivity index (χ0v) is 14.4. The number of amides is 1. The maximum absolute atomic E-state index is 11.7. The minimum absolute atomic E-state index is 0.0933. The van der Waals surface area contributed by atoms with Crippen molar-refractivity contribution >= 4 is 17.7 Å². The summed E-state index contributed by atoms with van der Waals surface area (Å²) in [5.74, 6) is 0.0941. The Labute approximate surface area is 145 Å². The smallest absolute Gasteiger partial charge is 0.412 e. The average Bonchev–Trinajstić information content (AvgIpc) is 2.54. The molecule has 0 unspecified atom stereocenters. The number of carbonyl (C=O) groups is 2. The van der Waals surface area contributed by atoms with Crippen molar-refractivity contribution < 1.29 is 23.8 Å². The largest absolute Gasteiger partial charge is 0.464 e. The predicted molar refractivity (Wildman–Crippen MR) is 89.7 cm³/mol. The third-order valence-corrected chi connectivity index (χ3v) is 2.76. The Balaban J connectivity index is 2.01. The van der Waals surface area contributed by atoms with Crippen molar-refractivity contribution in [2.45, 2.75) is 26.4 Å². The zero-order valence-electron chi connectivity index (χ0n) is 14.4. The number of nitrogens with one attached hydrogen (secondary N) is 1. The second-order valence-corrected chi connectivity index (χ2v) is 5.99. The molecular weight excluding hydrogens is 326 g/mol. The molecule has 8 nitrogen and oxygen atoms in total. The third kappa shape index (κ3) is 5.76. The summed E-state index contributed by atoms with van der Waals surface area (Å²) in [6.07, 6.45) is 0.666. The van der Waals surface area contributed by atoms with E-state index in [9.17, 15) is 9.59 Å². The van der Waals surface area contributed by atoms with Crippen LogP contribution >= 0.6 is 0 Å². The number of ether oxygens (including phenoxy) is 3. The van der Waals surface area contributed by atoms with Gasteiger partial charge in [0.25, 0.3) is 0 Å². The summed E-state index contributed by atoms with van der Waals surface area (Å²) in [5, 5.41) is 2.62. The molecule has 1 amide bonds. The first-order chi connectivity index (χ1) is 11.8. The van der Waals surface area contributed by atoms with Crippen LogP contribution in [0.25, 0.3) is 0 Å². The quantitative estimate of drug-likeness (QED) is 0.848. The Morgan fingerprint density at radius 3 is 2.36 bits per heavy atom. The summed E-state index contributed by atoms with van der Waals surface area (Å²) in [6, 6.07) is 7.97. The number of carbonyl (C=O) groups excluding carboxylic acids is 2. The lowest BCUT2D eigenvalue weighted by Gasteiger charge is -2.19. The minimum Gasteiger partial charge on any atom is -0.464 e. The normalized spacial score (nSPS) is 10.7. The predicted octanol–water partition coefficient (Wildman–Crippen LogP) is 3.40. The summed E-state index contributed by atoms with van der Waals surface area (Å²) in [5.41, 5.74) is 0.0764. The van der Waals surface area contributed by atoms with Crippen molar-refractivity contribution in [1.82, 2.24) is 9.97 Å². The molecule has 0 spiro atoms. The monoisotopic (exact) mass is 345 g/mol. The number of methoxy groups -OCH3 is 1. The molecule has 0 saturated carbocycles. The van der Waals surface area contributed by atoms with E-state index in [1.54, 1.807) is 45.0 Å². The van der Waals surface area contributed by atoms with Crippen LogP contribution in [0.4, 0.5) is 10.5 Å². The first-order valence-corrected chi connectivity index (χ1v) is 7.45. The number of benzene rings is 1. The Kier molecular flexibility index (Phi) is 5.53. The third-order valence-electron chi connectivity index (χ3n) is 2.76. The van der Waals surface area contributed by atoms with E-state index in [1.165, 1.54) is 19.5 Å². The molecule has 0 fully saturated rings. The lowest BCUT2D eigenvalue weighted by atomic mass is 10.2. The highest BCUT2D eigenvalue weighted by Gasteiger charge is 2.16. The molecule has 0 aliphatic heterocycles. The van der Waals surface area contributed by atoms with Crippen molar-refractivity contribution in [1.29, 1.82) is 0 Å². The molecule has 0 atom stereocenters. The van der Waals surface area contributed by atoms with Crippen LogP contribution in [0.3, 0.4) is 0 Å².